The molecule has 1 aromatic carbocycles. The number of allylic oxidation sites excluding steroid dienone is 2. The van der Waals surface area contributed by atoms with Crippen molar-refractivity contribution >= 4 is 11.6 Å². The minimum atomic E-state index is -0.0493. The van der Waals surface area contributed by atoms with E-state index < -0.39 is 0 Å². The van der Waals surface area contributed by atoms with E-state index in [9.17, 15) is 0 Å². The van der Waals surface area contributed by atoms with Gasteiger partial charge >= 0.3 is 0 Å². The fourth-order valence-electron chi connectivity index (χ4n) is 2.20. The molecular formula is C14H15N3O. The molecule has 0 saturated carbocycles. The second-order valence-corrected chi connectivity index (χ2v) is 4.62. The molecule has 0 spiro atoms. The molecule has 2 aliphatic rings. The van der Waals surface area contributed by atoms with E-state index in [-0.39, 0.29) is 6.17 Å². The maximum Gasteiger partial charge on any atom is 0.224 e. The summed E-state index contributed by atoms with van der Waals surface area (Å²) in [5, 5.41) is 0. The van der Waals surface area contributed by atoms with E-state index in [1.54, 1.807) is 0 Å². The van der Waals surface area contributed by atoms with Crippen LogP contribution in [0.5, 0.6) is 0 Å². The number of fused-ring (bicyclic) bond motifs is 1. The van der Waals surface area contributed by atoms with E-state index in [1.807, 2.05) is 55.4 Å². The Kier molecular flexibility index (Phi) is 2.37. The molecule has 18 heavy (non-hydrogen) atoms. The molecule has 1 unspecified atom stereocenters. The fraction of sp³-hybridized carbons (Fsp3) is 0.214. The molecule has 2 aliphatic heterocycles. The van der Waals surface area contributed by atoms with E-state index in [0.717, 1.165) is 22.6 Å². The zero-order chi connectivity index (χ0) is 12.7. The fourth-order valence-corrected chi connectivity index (χ4v) is 2.20. The van der Waals surface area contributed by atoms with Gasteiger partial charge in [0.05, 0.1) is 0 Å². The lowest BCUT2D eigenvalue weighted by molar-refractivity contribution is 0.308. The van der Waals surface area contributed by atoms with Crippen LogP contribution in [0.4, 0.5) is 5.69 Å². The van der Waals surface area contributed by atoms with Crippen LogP contribution in [0.25, 0.3) is 0 Å². The minimum Gasteiger partial charge on any atom is -0.439 e. The van der Waals surface area contributed by atoms with Crippen LogP contribution < -0.4 is 5.73 Å². The summed E-state index contributed by atoms with van der Waals surface area (Å²) in [5.74, 6) is 1.49. The molecular weight excluding hydrogens is 226 g/mol. The van der Waals surface area contributed by atoms with Crippen LogP contribution in [0.1, 0.15) is 11.1 Å². The van der Waals surface area contributed by atoms with Gasteiger partial charge in [0.1, 0.15) is 0 Å². The minimum absolute atomic E-state index is 0.0493. The molecule has 1 atom stereocenters. The molecule has 0 bridgehead atoms. The standard InChI is InChI=1S/C14H15N3O/c1-9-6-10(8-11(15)7-9)14-16-13-12(18-14)4-3-5-17(13)2/h3-8,13H,15H2,1-2H3. The summed E-state index contributed by atoms with van der Waals surface area (Å²) in [7, 11) is 1.98. The van der Waals surface area contributed by atoms with Crippen LogP contribution in [0.15, 0.2) is 47.3 Å². The first-order chi connectivity index (χ1) is 8.63. The molecule has 2 N–H and O–H groups in total. The van der Waals surface area contributed by atoms with Gasteiger partial charge in [-0.3, -0.25) is 0 Å². The van der Waals surface area contributed by atoms with Gasteiger partial charge in [-0.2, -0.15) is 0 Å². The van der Waals surface area contributed by atoms with Crippen molar-refractivity contribution in [3.63, 3.8) is 0 Å². The normalized spacial score (nSPS) is 21.2. The Hall–Kier alpha value is -2.23. The van der Waals surface area contributed by atoms with Gasteiger partial charge in [-0.25, -0.2) is 4.99 Å². The number of nitrogens with zero attached hydrogens (tertiary/aromatic N) is 2. The number of hydrogen-bond donors (Lipinski definition) is 1. The predicted octanol–water partition coefficient (Wildman–Crippen LogP) is 2.02. The third-order valence-corrected chi connectivity index (χ3v) is 3.02. The van der Waals surface area contributed by atoms with Crippen molar-refractivity contribution < 1.29 is 4.74 Å². The van der Waals surface area contributed by atoms with Crippen molar-refractivity contribution in [2.75, 3.05) is 12.8 Å². The predicted molar refractivity (Wildman–Crippen MR) is 72.0 cm³/mol. The molecule has 1 aromatic rings. The summed E-state index contributed by atoms with van der Waals surface area (Å²) in [6, 6.07) is 5.84. The molecule has 2 heterocycles. The van der Waals surface area contributed by atoms with Crippen LogP contribution >= 0.6 is 0 Å². The van der Waals surface area contributed by atoms with Gasteiger partial charge in [-0.15, -0.1) is 0 Å². The molecule has 0 fully saturated rings. The first-order valence-electron chi connectivity index (χ1n) is 5.87. The van der Waals surface area contributed by atoms with Crippen LogP contribution in [-0.2, 0) is 4.74 Å². The van der Waals surface area contributed by atoms with Gasteiger partial charge in [0.15, 0.2) is 11.9 Å². The molecule has 0 radical (unpaired) electrons. The smallest absolute Gasteiger partial charge is 0.224 e. The Morgan fingerprint density at radius 3 is 2.89 bits per heavy atom. The first-order valence-corrected chi connectivity index (χ1v) is 5.87. The second kappa shape index (κ2) is 3.91. The quantitative estimate of drug-likeness (QED) is 0.765. The summed E-state index contributed by atoms with van der Waals surface area (Å²) in [4.78, 5) is 6.60. The Balaban J connectivity index is 1.97. The molecule has 0 aromatic heterocycles. The van der Waals surface area contributed by atoms with Gasteiger partial charge in [0, 0.05) is 24.5 Å². The molecule has 0 saturated heterocycles. The Morgan fingerprint density at radius 1 is 1.33 bits per heavy atom. The highest BCUT2D eigenvalue weighted by atomic mass is 16.5. The number of rotatable bonds is 1. The van der Waals surface area contributed by atoms with E-state index in [0.29, 0.717) is 5.90 Å². The highest BCUT2D eigenvalue weighted by Gasteiger charge is 2.29. The average molecular weight is 241 g/mol. The third kappa shape index (κ3) is 1.76. The topological polar surface area (TPSA) is 50.8 Å². The van der Waals surface area contributed by atoms with Gasteiger partial charge < -0.3 is 15.4 Å². The van der Waals surface area contributed by atoms with E-state index in [1.165, 1.54) is 0 Å². The maximum atomic E-state index is 5.85. The zero-order valence-corrected chi connectivity index (χ0v) is 10.4. The number of aryl methyl sites for hydroxylation is 1. The Morgan fingerprint density at radius 2 is 2.17 bits per heavy atom. The third-order valence-electron chi connectivity index (χ3n) is 3.02. The van der Waals surface area contributed by atoms with Crippen LogP contribution in [0.3, 0.4) is 0 Å². The van der Waals surface area contributed by atoms with E-state index in [4.69, 9.17) is 10.5 Å². The highest BCUT2D eigenvalue weighted by molar-refractivity contribution is 5.97. The summed E-state index contributed by atoms with van der Waals surface area (Å²) in [6.45, 7) is 2.01. The number of hydrogen-bond acceptors (Lipinski definition) is 4. The second-order valence-electron chi connectivity index (χ2n) is 4.62. The van der Waals surface area contributed by atoms with Gasteiger partial charge in [0.2, 0.25) is 5.90 Å². The van der Waals surface area contributed by atoms with Crippen molar-refractivity contribution in [3.05, 3.63) is 53.4 Å². The largest absolute Gasteiger partial charge is 0.439 e. The SMILES string of the molecule is Cc1cc(N)cc(C2=NC3C(=CC=CN3C)O2)c1. The molecule has 3 rings (SSSR count). The number of likely N-dealkylation sites (N-methyl/N-ethyl adjacent to an activating group) is 1. The number of aliphatic imine (C=N–C) groups is 1. The number of ether oxygens (including phenoxy) is 1. The lowest BCUT2D eigenvalue weighted by Gasteiger charge is -2.21. The van der Waals surface area contributed by atoms with Crippen LogP contribution in [0, 0.1) is 6.92 Å². The lowest BCUT2D eigenvalue weighted by Crippen LogP contribution is -2.26. The lowest BCUT2D eigenvalue weighted by atomic mass is 10.1. The molecule has 0 amide bonds. The van der Waals surface area contributed by atoms with Gasteiger partial charge in [-0.1, -0.05) is 0 Å². The molecule has 0 aliphatic carbocycles. The van der Waals surface area contributed by atoms with Crippen molar-refractivity contribution in [3.8, 4) is 0 Å². The monoisotopic (exact) mass is 241 g/mol. The first kappa shape index (κ1) is 10.9. The molecule has 92 valence electrons. The summed E-state index contributed by atoms with van der Waals surface area (Å²) in [5.41, 5.74) is 8.61. The zero-order valence-electron chi connectivity index (χ0n) is 10.4. The highest BCUT2D eigenvalue weighted by Crippen LogP contribution is 2.27. The van der Waals surface area contributed by atoms with Crippen LogP contribution in [-0.4, -0.2) is 24.0 Å². The number of benzene rings is 1. The average Bonchev–Trinajstić information content (AvgIpc) is 2.73. The van der Waals surface area contributed by atoms with Crippen molar-refractivity contribution in [1.82, 2.24) is 4.90 Å². The molecule has 4 heteroatoms. The van der Waals surface area contributed by atoms with Gasteiger partial charge in [0.25, 0.3) is 0 Å². The van der Waals surface area contributed by atoms with Gasteiger partial charge in [-0.05, 0) is 42.8 Å². The maximum absolute atomic E-state index is 5.85. The van der Waals surface area contributed by atoms with Crippen molar-refractivity contribution in [2.24, 2.45) is 4.99 Å². The van der Waals surface area contributed by atoms with Crippen molar-refractivity contribution in [2.45, 2.75) is 13.1 Å². The number of anilines is 1. The van der Waals surface area contributed by atoms with Crippen molar-refractivity contribution in [1.29, 1.82) is 0 Å². The van der Waals surface area contributed by atoms with E-state index >= 15 is 0 Å². The summed E-state index contributed by atoms with van der Waals surface area (Å²) >= 11 is 0. The van der Waals surface area contributed by atoms with E-state index in [2.05, 4.69) is 4.99 Å². The Labute approximate surface area is 106 Å². The molecule has 4 nitrogen and oxygen atoms in total. The van der Waals surface area contributed by atoms with Crippen LogP contribution in [0.2, 0.25) is 0 Å². The number of nitrogen functional groups attached to an aromatic ring is 1. The summed E-state index contributed by atoms with van der Waals surface area (Å²) in [6.07, 6.45) is 5.83. The number of nitrogens with two attached hydrogens (primary N) is 1. The Bertz CT molecular complexity index is 566. The summed E-state index contributed by atoms with van der Waals surface area (Å²) < 4.78 is 5.79.